The minimum Gasteiger partial charge on any atom is -0.465 e. The number of nitrogens with one attached hydrogen (secondary N) is 2. The number of esters is 1. The minimum absolute atomic E-state index is 0.161. The molecule has 2 N–H and O–H groups in total. The largest absolute Gasteiger partial charge is 0.465 e. The average molecular weight is 482 g/mol. The lowest BCUT2D eigenvalue weighted by Crippen LogP contribution is -2.55. The van der Waals surface area contributed by atoms with E-state index in [1.807, 2.05) is 19.2 Å². The molecule has 2 fully saturated rings. The van der Waals surface area contributed by atoms with Crippen molar-refractivity contribution in [2.45, 2.75) is 57.1 Å². The van der Waals surface area contributed by atoms with E-state index in [0.717, 1.165) is 29.4 Å². The summed E-state index contributed by atoms with van der Waals surface area (Å²) in [6.45, 7) is 5.43. The summed E-state index contributed by atoms with van der Waals surface area (Å²) in [4.78, 5) is 39.0. The van der Waals surface area contributed by atoms with Gasteiger partial charge >= 0.3 is 5.97 Å². The monoisotopic (exact) mass is 481 g/mol. The fraction of sp³-hybridized carbons (Fsp3) is 0.619. The van der Waals surface area contributed by atoms with Gasteiger partial charge < -0.3 is 24.7 Å². The highest BCUT2D eigenvalue weighted by molar-refractivity contribution is 7.13. The molecule has 4 rings (SSSR count). The van der Waals surface area contributed by atoms with E-state index in [4.69, 9.17) is 26.1 Å². The van der Waals surface area contributed by atoms with Crippen LogP contribution in [0, 0.1) is 0 Å². The van der Waals surface area contributed by atoms with Gasteiger partial charge in [0.05, 0.1) is 30.1 Å². The lowest BCUT2D eigenvalue weighted by molar-refractivity contribution is -0.146. The Hall–Kier alpha value is -2.17. The van der Waals surface area contributed by atoms with Crippen molar-refractivity contribution >= 4 is 39.9 Å². The van der Waals surface area contributed by atoms with Crippen LogP contribution >= 0.6 is 22.9 Å². The number of amides is 1. The fourth-order valence-electron chi connectivity index (χ4n) is 4.05. The zero-order valence-corrected chi connectivity index (χ0v) is 20.0. The highest BCUT2D eigenvalue weighted by Crippen LogP contribution is 2.50. The lowest BCUT2D eigenvalue weighted by atomic mass is 10.0. The van der Waals surface area contributed by atoms with Gasteiger partial charge in [0, 0.05) is 25.6 Å². The molecular weight excluding hydrogens is 454 g/mol. The number of hydrogen-bond acceptors (Lipinski definition) is 8. The maximum atomic E-state index is 12.7. The first-order chi connectivity index (χ1) is 15.4. The Balaban J connectivity index is 1.40. The molecule has 9 nitrogen and oxygen atoms in total. The van der Waals surface area contributed by atoms with Gasteiger partial charge in [0.25, 0.3) is 5.91 Å². The van der Waals surface area contributed by atoms with Gasteiger partial charge in [-0.25, -0.2) is 9.97 Å². The van der Waals surface area contributed by atoms with Gasteiger partial charge in [-0.15, -0.1) is 11.3 Å². The van der Waals surface area contributed by atoms with E-state index in [0.29, 0.717) is 37.7 Å². The van der Waals surface area contributed by atoms with Crippen LogP contribution in [0.4, 0.5) is 5.13 Å². The van der Waals surface area contributed by atoms with Gasteiger partial charge in [-0.05, 0) is 32.6 Å². The van der Waals surface area contributed by atoms with Gasteiger partial charge in [-0.2, -0.15) is 0 Å². The molecule has 2 aliphatic rings. The zero-order valence-electron chi connectivity index (χ0n) is 18.4. The van der Waals surface area contributed by atoms with Crippen molar-refractivity contribution in [2.75, 3.05) is 31.7 Å². The van der Waals surface area contributed by atoms with Crippen LogP contribution in [0.5, 0.6) is 0 Å². The molecule has 0 radical (unpaired) electrons. The third-order valence-electron chi connectivity index (χ3n) is 6.14. The molecule has 1 amide bonds. The second kappa shape index (κ2) is 9.36. The van der Waals surface area contributed by atoms with Gasteiger partial charge in [-0.1, -0.05) is 18.5 Å². The molecule has 2 aromatic heterocycles. The summed E-state index contributed by atoms with van der Waals surface area (Å²) in [5.74, 6) is -0.270. The molecule has 0 spiro atoms. The number of anilines is 1. The predicted octanol–water partition coefficient (Wildman–Crippen LogP) is 2.70. The van der Waals surface area contributed by atoms with Crippen LogP contribution in [0.1, 0.15) is 55.1 Å². The van der Waals surface area contributed by atoms with Crippen LogP contribution in [-0.2, 0) is 26.1 Å². The number of H-pyrrole nitrogens is 1. The normalized spacial score (nSPS) is 21.9. The number of halogens is 1. The maximum absolute atomic E-state index is 12.7. The summed E-state index contributed by atoms with van der Waals surface area (Å²) < 4.78 is 10.9. The van der Waals surface area contributed by atoms with Crippen LogP contribution in [0.2, 0.25) is 5.15 Å². The number of aromatic nitrogens is 3. The van der Waals surface area contributed by atoms with Crippen molar-refractivity contribution in [1.29, 1.82) is 0 Å². The van der Waals surface area contributed by atoms with Gasteiger partial charge in [0.15, 0.2) is 16.1 Å². The number of aromatic amines is 1. The van der Waals surface area contributed by atoms with Crippen molar-refractivity contribution in [3.8, 4) is 0 Å². The highest BCUT2D eigenvalue weighted by atomic mass is 35.5. The molecule has 0 bridgehead atoms. The first-order valence-electron chi connectivity index (χ1n) is 10.9. The summed E-state index contributed by atoms with van der Waals surface area (Å²) in [7, 11) is 1.64. The van der Waals surface area contributed by atoms with Crippen molar-refractivity contribution in [1.82, 2.24) is 20.3 Å². The maximum Gasteiger partial charge on any atom is 0.318 e. The molecule has 32 heavy (non-hydrogen) atoms. The Kier molecular flexibility index (Phi) is 6.73. The third kappa shape index (κ3) is 4.35. The van der Waals surface area contributed by atoms with E-state index >= 15 is 0 Å². The molecule has 2 atom stereocenters. The molecule has 1 aliphatic heterocycles. The zero-order chi connectivity index (χ0) is 22.9. The number of hydrogen-bond donors (Lipinski definition) is 2. The van der Waals surface area contributed by atoms with Crippen LogP contribution in [0.15, 0.2) is 5.38 Å². The molecule has 0 aromatic carbocycles. The summed E-state index contributed by atoms with van der Waals surface area (Å²) in [5.41, 5.74) is 0.965. The predicted molar refractivity (Wildman–Crippen MR) is 122 cm³/mol. The van der Waals surface area contributed by atoms with Crippen molar-refractivity contribution < 1.29 is 19.1 Å². The lowest BCUT2D eigenvalue weighted by Gasteiger charge is -2.37. The number of thiazole rings is 1. The van der Waals surface area contributed by atoms with E-state index in [1.54, 1.807) is 7.11 Å². The topological polar surface area (TPSA) is 109 Å². The number of carbonyl (C=O) groups excluding carboxylic acids is 2. The van der Waals surface area contributed by atoms with Crippen LogP contribution in [-0.4, -0.2) is 65.8 Å². The summed E-state index contributed by atoms with van der Waals surface area (Å²) in [5, 5.41) is 6.16. The minimum atomic E-state index is -0.570. The van der Waals surface area contributed by atoms with E-state index in [9.17, 15) is 9.59 Å². The Labute approximate surface area is 195 Å². The molecule has 1 saturated heterocycles. The second-order valence-electron chi connectivity index (χ2n) is 8.12. The molecule has 174 valence electrons. The average Bonchev–Trinajstić information content (AvgIpc) is 3.29. The van der Waals surface area contributed by atoms with E-state index in [1.165, 1.54) is 11.3 Å². The fourth-order valence-corrected chi connectivity index (χ4v) is 5.28. The first kappa shape index (κ1) is 23.0. The number of carbonyl (C=O) groups is 2. The number of aryl methyl sites for hydroxylation is 1. The van der Waals surface area contributed by atoms with E-state index < -0.39 is 5.41 Å². The highest BCUT2D eigenvalue weighted by Gasteiger charge is 2.54. The van der Waals surface area contributed by atoms with Gasteiger partial charge in [0.1, 0.15) is 5.41 Å². The Morgan fingerprint density at radius 2 is 2.16 bits per heavy atom. The second-order valence-corrected chi connectivity index (χ2v) is 9.31. The Bertz CT molecular complexity index is 989. The Morgan fingerprint density at radius 1 is 1.38 bits per heavy atom. The molecule has 1 aliphatic carbocycles. The van der Waals surface area contributed by atoms with Crippen LogP contribution < -0.4 is 10.2 Å². The Morgan fingerprint density at radius 3 is 2.78 bits per heavy atom. The molecule has 2 aromatic rings. The smallest absolute Gasteiger partial charge is 0.318 e. The summed E-state index contributed by atoms with van der Waals surface area (Å²) in [6, 6.07) is -0.161. The number of rotatable bonds is 8. The van der Waals surface area contributed by atoms with Crippen molar-refractivity contribution in [2.24, 2.45) is 0 Å². The third-order valence-corrected chi connectivity index (χ3v) is 7.36. The number of nitrogens with zero attached hydrogens (tertiary/aromatic N) is 3. The number of ether oxygens (including phenoxy) is 2. The standard InChI is InChI=1S/C21H28ClN5O4S/c1-4-12-16(22)26-17(23-12)18(28)24-13-6-9-27(10-14(13)30-3)20-25-15(11-32-20)21(7-8-21)19(29)31-5-2/h11,13-14H,4-10H2,1-3H3,(H,23,26)(H,24,28)/t13-,14+/m0/s1. The summed E-state index contributed by atoms with van der Waals surface area (Å²) >= 11 is 7.59. The number of methoxy groups -OCH3 is 1. The molecular formula is C21H28ClN5O4S. The SMILES string of the molecule is CCOC(=O)C1(c2csc(N3CC[C@H](NC(=O)c4nc(Cl)c(CC)[nH]4)[C@H](OC)C3)n2)CC1. The number of imidazole rings is 1. The van der Waals surface area contributed by atoms with Crippen molar-refractivity contribution in [3.63, 3.8) is 0 Å². The molecule has 3 heterocycles. The van der Waals surface area contributed by atoms with Crippen LogP contribution in [0.3, 0.4) is 0 Å². The molecule has 0 unspecified atom stereocenters. The van der Waals surface area contributed by atoms with Crippen molar-refractivity contribution in [3.05, 3.63) is 27.7 Å². The number of piperidine rings is 1. The van der Waals surface area contributed by atoms with E-state index in [2.05, 4.69) is 20.2 Å². The first-order valence-corrected chi connectivity index (χ1v) is 12.1. The molecule has 11 heteroatoms. The summed E-state index contributed by atoms with van der Waals surface area (Å²) in [6.07, 6.45) is 2.71. The van der Waals surface area contributed by atoms with Gasteiger partial charge in [-0.3, -0.25) is 9.59 Å². The van der Waals surface area contributed by atoms with Gasteiger partial charge in [0.2, 0.25) is 0 Å². The quantitative estimate of drug-likeness (QED) is 0.558. The molecule has 1 saturated carbocycles. The van der Waals surface area contributed by atoms with Crippen LogP contribution in [0.25, 0.3) is 0 Å². The van der Waals surface area contributed by atoms with E-state index in [-0.39, 0.29) is 29.8 Å².